The topological polar surface area (TPSA) is 107 Å². The van der Waals surface area contributed by atoms with E-state index in [4.69, 9.17) is 0 Å². The van der Waals surface area contributed by atoms with Gasteiger partial charge in [0.1, 0.15) is 11.7 Å². The van der Waals surface area contributed by atoms with E-state index in [0.29, 0.717) is 32.2 Å². The van der Waals surface area contributed by atoms with Crippen molar-refractivity contribution in [3.05, 3.63) is 23.3 Å². The van der Waals surface area contributed by atoms with Gasteiger partial charge >= 0.3 is 0 Å². The fourth-order valence-corrected chi connectivity index (χ4v) is 10.4. The summed E-state index contributed by atoms with van der Waals surface area (Å²) in [7, 11) is 0. The Labute approximate surface area is 233 Å². The Bertz CT molecular complexity index is 1270. The van der Waals surface area contributed by atoms with Crippen LogP contribution in [0.25, 0.3) is 0 Å². The Balaban J connectivity index is 1.74. The Morgan fingerprint density at radius 2 is 1.67 bits per heavy atom. The summed E-state index contributed by atoms with van der Waals surface area (Å²) in [5, 5.41) is 25.9. The lowest BCUT2D eigenvalue weighted by atomic mass is 9.32. The van der Waals surface area contributed by atoms with E-state index in [1.54, 1.807) is 6.08 Å². The molecule has 0 aromatic carbocycles. The summed E-state index contributed by atoms with van der Waals surface area (Å²) >= 11 is 0. The molecular formula is C33H46N2O4. The van der Waals surface area contributed by atoms with Crippen molar-refractivity contribution >= 4 is 17.5 Å². The summed E-state index contributed by atoms with van der Waals surface area (Å²) in [6.45, 7) is 17.0. The minimum absolute atomic E-state index is 0.0292. The molecule has 6 nitrogen and oxygen atoms in total. The van der Waals surface area contributed by atoms with Crippen LogP contribution >= 0.6 is 0 Å². The molecular weight excluding hydrogens is 488 g/mol. The Kier molecular flexibility index (Phi) is 5.91. The number of Topliss-reactive ketones (excluding diaryl/α,β-unsaturated/α-hetero) is 1. The number of nitrogens with one attached hydrogen (secondary N) is 1. The Hall–Kier alpha value is -2.26. The molecule has 3 saturated carbocycles. The molecule has 7 atom stereocenters. The average Bonchev–Trinajstić information content (AvgIpc) is 2.85. The lowest BCUT2D eigenvalue weighted by molar-refractivity contribution is -0.242. The molecule has 5 aliphatic rings. The van der Waals surface area contributed by atoms with E-state index in [0.717, 1.165) is 24.8 Å². The third-order valence-electron chi connectivity index (χ3n) is 12.8. The number of ketones is 2. The fraction of sp³-hybridized carbons (Fsp3) is 0.758. The van der Waals surface area contributed by atoms with Gasteiger partial charge in [-0.1, -0.05) is 54.5 Å². The van der Waals surface area contributed by atoms with E-state index < -0.39 is 38.6 Å². The van der Waals surface area contributed by atoms with Gasteiger partial charge in [0, 0.05) is 28.7 Å². The number of fused-ring (bicyclic) bond motifs is 7. The molecule has 39 heavy (non-hydrogen) atoms. The lowest BCUT2D eigenvalue weighted by Crippen LogP contribution is -2.75. The second kappa shape index (κ2) is 8.15. The van der Waals surface area contributed by atoms with E-state index in [-0.39, 0.29) is 34.4 Å². The minimum atomic E-state index is -1.68. The summed E-state index contributed by atoms with van der Waals surface area (Å²) in [4.78, 5) is 41.5. The van der Waals surface area contributed by atoms with Crippen LogP contribution in [0.5, 0.6) is 0 Å². The van der Waals surface area contributed by atoms with Gasteiger partial charge in [-0.15, -0.1) is 0 Å². The second-order valence-corrected chi connectivity index (χ2v) is 15.4. The first kappa shape index (κ1) is 28.3. The lowest BCUT2D eigenvalue weighted by Gasteiger charge is -2.71. The number of nitrogens with zero attached hydrogens (tertiary/aromatic N) is 1. The number of allylic oxidation sites excluding steroid dienone is 3. The molecule has 5 aliphatic carbocycles. The van der Waals surface area contributed by atoms with E-state index in [2.05, 4.69) is 46.0 Å². The summed E-state index contributed by atoms with van der Waals surface area (Å²) in [6, 6.07) is 2.14. The van der Waals surface area contributed by atoms with E-state index in [1.165, 1.54) is 0 Å². The Morgan fingerprint density at radius 3 is 2.28 bits per heavy atom. The van der Waals surface area contributed by atoms with Crippen LogP contribution in [-0.4, -0.2) is 34.7 Å². The molecule has 2 N–H and O–H groups in total. The van der Waals surface area contributed by atoms with Gasteiger partial charge in [0.2, 0.25) is 5.91 Å². The number of hydrogen-bond acceptors (Lipinski definition) is 5. The summed E-state index contributed by atoms with van der Waals surface area (Å²) in [5.74, 6) is -1.00. The maximum atomic E-state index is 14.5. The molecule has 0 aliphatic heterocycles. The van der Waals surface area contributed by atoms with Gasteiger partial charge in [-0.3, -0.25) is 14.4 Å². The van der Waals surface area contributed by atoms with Crippen LogP contribution in [0.3, 0.4) is 0 Å². The molecule has 1 amide bonds. The van der Waals surface area contributed by atoms with Crippen LogP contribution in [0.2, 0.25) is 0 Å². The number of aliphatic hydroxyl groups is 1. The second-order valence-electron chi connectivity index (χ2n) is 15.4. The van der Waals surface area contributed by atoms with Crippen LogP contribution in [0.4, 0.5) is 0 Å². The molecule has 2 unspecified atom stereocenters. The van der Waals surface area contributed by atoms with Crippen LogP contribution in [-0.2, 0) is 14.4 Å². The van der Waals surface area contributed by atoms with Crippen molar-refractivity contribution in [3.63, 3.8) is 0 Å². The number of carbonyl (C=O) groups excluding carboxylic acids is 3. The molecule has 0 heterocycles. The first-order valence-corrected chi connectivity index (χ1v) is 14.9. The first-order chi connectivity index (χ1) is 17.9. The largest absolute Gasteiger partial charge is 0.381 e. The molecule has 0 aromatic heterocycles. The van der Waals surface area contributed by atoms with Crippen molar-refractivity contribution in [2.45, 2.75) is 106 Å². The number of amides is 1. The zero-order valence-electron chi connectivity index (χ0n) is 25.1. The van der Waals surface area contributed by atoms with Gasteiger partial charge in [-0.25, -0.2) is 0 Å². The van der Waals surface area contributed by atoms with E-state index in [1.807, 2.05) is 26.8 Å². The highest BCUT2D eigenvalue weighted by atomic mass is 16.3. The quantitative estimate of drug-likeness (QED) is 0.489. The minimum Gasteiger partial charge on any atom is -0.381 e. The van der Waals surface area contributed by atoms with Gasteiger partial charge in [-0.2, -0.15) is 5.26 Å². The summed E-state index contributed by atoms with van der Waals surface area (Å²) < 4.78 is 0. The van der Waals surface area contributed by atoms with Crippen LogP contribution in [0.15, 0.2) is 23.3 Å². The highest BCUT2D eigenvalue weighted by Crippen LogP contribution is 2.75. The number of carbonyl (C=O) groups is 3. The van der Waals surface area contributed by atoms with Crippen molar-refractivity contribution in [1.82, 2.24) is 5.32 Å². The molecule has 6 heteroatoms. The van der Waals surface area contributed by atoms with Crippen LogP contribution in [0, 0.1) is 55.7 Å². The molecule has 0 aromatic rings. The molecule has 0 saturated heterocycles. The molecule has 0 bridgehead atoms. The monoisotopic (exact) mass is 534 g/mol. The first-order valence-electron chi connectivity index (χ1n) is 14.9. The van der Waals surface area contributed by atoms with Crippen LogP contribution in [0.1, 0.15) is 100 Å². The molecule has 0 spiro atoms. The molecule has 0 radical (unpaired) electrons. The Morgan fingerprint density at radius 1 is 1.03 bits per heavy atom. The number of rotatable bonds is 2. The number of nitriles is 1. The van der Waals surface area contributed by atoms with Crippen molar-refractivity contribution < 1.29 is 19.5 Å². The highest BCUT2D eigenvalue weighted by Gasteiger charge is 2.76. The predicted octanol–water partition coefficient (Wildman–Crippen LogP) is 5.46. The summed E-state index contributed by atoms with van der Waals surface area (Å²) in [5.41, 5.74) is -4.17. The van der Waals surface area contributed by atoms with Crippen molar-refractivity contribution in [1.29, 1.82) is 5.26 Å². The summed E-state index contributed by atoms with van der Waals surface area (Å²) in [6.07, 6.45) is 8.36. The standard InChI is InChI=1S/C33H46N2O4/c1-9-35-26(38)32-14-12-27(2,3)18-23(32)33(39)24(36)16-22-29(6)17-20(19-34)25(37)28(4,5)21(29)10-11-30(22,7)31(33,8)13-15-32/h16-17,21,23,39H,9-15,18H2,1-8H3,(H,35,38)/t21?,23?,29-,30+,31-,32-,33+/m0/s1. The van der Waals surface area contributed by atoms with Crippen molar-refractivity contribution in [2.75, 3.05) is 6.54 Å². The van der Waals surface area contributed by atoms with E-state index in [9.17, 15) is 24.8 Å². The smallest absolute Gasteiger partial charge is 0.226 e. The maximum Gasteiger partial charge on any atom is 0.226 e. The molecule has 3 fully saturated rings. The average molecular weight is 535 g/mol. The fourth-order valence-electron chi connectivity index (χ4n) is 10.4. The molecule has 5 rings (SSSR count). The predicted molar refractivity (Wildman–Crippen MR) is 149 cm³/mol. The van der Waals surface area contributed by atoms with Crippen molar-refractivity contribution in [2.24, 2.45) is 44.3 Å². The van der Waals surface area contributed by atoms with Gasteiger partial charge < -0.3 is 10.4 Å². The maximum absolute atomic E-state index is 14.5. The van der Waals surface area contributed by atoms with Gasteiger partial charge in [0.15, 0.2) is 11.6 Å². The number of hydrogen-bond donors (Lipinski definition) is 2. The SMILES string of the molecule is CCNC(=O)[C@]12CCC(C)(C)CC1[C@@]1(O)C(=O)C=C3[C@@]4(C)C=C(C#N)C(=O)C(C)(C)C4CC[C@@]3(C)[C@]1(C)CC2. The van der Waals surface area contributed by atoms with Gasteiger partial charge in [-0.05, 0) is 80.3 Å². The molecule has 212 valence electrons. The zero-order valence-corrected chi connectivity index (χ0v) is 25.1. The zero-order chi connectivity index (χ0) is 29.0. The van der Waals surface area contributed by atoms with Gasteiger partial charge in [0.05, 0.1) is 11.0 Å². The van der Waals surface area contributed by atoms with Crippen molar-refractivity contribution in [3.8, 4) is 6.07 Å². The van der Waals surface area contributed by atoms with E-state index >= 15 is 0 Å². The normalized spacial score (nSPS) is 45.8. The third kappa shape index (κ3) is 3.20. The highest BCUT2D eigenvalue weighted by molar-refractivity contribution is 6.05. The third-order valence-corrected chi connectivity index (χ3v) is 12.8. The van der Waals surface area contributed by atoms with Gasteiger partial charge in [0.25, 0.3) is 0 Å². The van der Waals surface area contributed by atoms with Crippen LogP contribution < -0.4 is 5.32 Å².